The minimum atomic E-state index is -0.860. The van der Waals surface area contributed by atoms with Gasteiger partial charge in [-0.05, 0) is 31.0 Å². The lowest BCUT2D eigenvalue weighted by molar-refractivity contribution is -0.137. The molecule has 6 heteroatoms. The van der Waals surface area contributed by atoms with Gasteiger partial charge < -0.3 is 5.11 Å². The molecule has 106 valence electrons. The molecule has 0 bridgehead atoms. The van der Waals surface area contributed by atoms with Crippen LogP contribution >= 0.6 is 0 Å². The molecule has 0 spiro atoms. The number of imide groups is 1. The number of carbonyl (C=O) groups is 3. The van der Waals surface area contributed by atoms with E-state index in [0.717, 1.165) is 17.0 Å². The Balaban J connectivity index is 1.93. The van der Waals surface area contributed by atoms with Gasteiger partial charge >= 0.3 is 5.97 Å². The number of benzene rings is 1. The van der Waals surface area contributed by atoms with Crippen LogP contribution in [-0.4, -0.2) is 34.3 Å². The molecular weight excluding hydrogens is 265 g/mol. The summed E-state index contributed by atoms with van der Waals surface area (Å²) in [7, 11) is 0. The van der Waals surface area contributed by atoms with E-state index in [1.54, 1.807) is 0 Å². The third-order valence-electron chi connectivity index (χ3n) is 3.21. The Bertz CT molecular complexity index is 570. The van der Waals surface area contributed by atoms with E-state index in [2.05, 4.69) is 0 Å². The summed E-state index contributed by atoms with van der Waals surface area (Å²) in [6.07, 6.45) is 1.75. The summed E-state index contributed by atoms with van der Waals surface area (Å²) in [6.45, 7) is 0.230. The summed E-state index contributed by atoms with van der Waals surface area (Å²) in [4.78, 5) is 35.4. The molecule has 2 amide bonds. The molecule has 1 aromatic carbocycles. The quantitative estimate of drug-likeness (QED) is 0.639. The van der Waals surface area contributed by atoms with Crippen LogP contribution in [0.15, 0.2) is 18.2 Å². The lowest BCUT2D eigenvalue weighted by atomic mass is 10.1. The van der Waals surface area contributed by atoms with Crippen LogP contribution in [0.2, 0.25) is 0 Å². The molecule has 1 aromatic rings. The summed E-state index contributed by atoms with van der Waals surface area (Å²) >= 11 is 0. The molecule has 0 atom stereocenters. The van der Waals surface area contributed by atoms with Crippen LogP contribution in [0.4, 0.5) is 4.39 Å². The highest BCUT2D eigenvalue weighted by Crippen LogP contribution is 2.24. The number of carboxylic acids is 1. The van der Waals surface area contributed by atoms with E-state index in [-0.39, 0.29) is 24.1 Å². The molecular formula is C14H14FNO4. The Morgan fingerprint density at radius 3 is 2.50 bits per heavy atom. The summed E-state index contributed by atoms with van der Waals surface area (Å²) < 4.78 is 13.1. The van der Waals surface area contributed by atoms with Crippen molar-refractivity contribution in [3.8, 4) is 0 Å². The van der Waals surface area contributed by atoms with Gasteiger partial charge in [0.15, 0.2) is 0 Å². The highest BCUT2D eigenvalue weighted by atomic mass is 19.1. The predicted octanol–water partition coefficient (Wildman–Crippen LogP) is 2.07. The van der Waals surface area contributed by atoms with Crippen LogP contribution in [0.25, 0.3) is 0 Å². The number of rotatable bonds is 6. The summed E-state index contributed by atoms with van der Waals surface area (Å²) in [6, 6.07) is 3.54. The molecule has 1 heterocycles. The Morgan fingerprint density at radius 1 is 1.10 bits per heavy atom. The zero-order chi connectivity index (χ0) is 14.7. The molecule has 20 heavy (non-hydrogen) atoms. The third-order valence-corrected chi connectivity index (χ3v) is 3.21. The minimum Gasteiger partial charge on any atom is -0.481 e. The summed E-state index contributed by atoms with van der Waals surface area (Å²) in [5.41, 5.74) is 0.322. The van der Waals surface area contributed by atoms with E-state index >= 15 is 0 Å². The monoisotopic (exact) mass is 279 g/mol. The van der Waals surface area contributed by atoms with Crippen molar-refractivity contribution >= 4 is 17.8 Å². The van der Waals surface area contributed by atoms with E-state index in [4.69, 9.17) is 5.11 Å². The van der Waals surface area contributed by atoms with Gasteiger partial charge in [-0.2, -0.15) is 0 Å². The number of hydrogen-bond acceptors (Lipinski definition) is 3. The van der Waals surface area contributed by atoms with Crippen molar-refractivity contribution in [3.05, 3.63) is 35.1 Å². The van der Waals surface area contributed by atoms with Crippen LogP contribution in [0, 0.1) is 5.82 Å². The fourth-order valence-electron chi connectivity index (χ4n) is 2.19. The molecule has 0 saturated heterocycles. The van der Waals surface area contributed by atoms with Crippen molar-refractivity contribution in [1.82, 2.24) is 4.90 Å². The molecule has 5 nitrogen and oxygen atoms in total. The van der Waals surface area contributed by atoms with Crippen LogP contribution in [-0.2, 0) is 4.79 Å². The fourth-order valence-corrected chi connectivity index (χ4v) is 2.19. The first-order valence-electron chi connectivity index (χ1n) is 6.38. The largest absolute Gasteiger partial charge is 0.481 e. The van der Waals surface area contributed by atoms with E-state index in [1.165, 1.54) is 6.07 Å². The second kappa shape index (κ2) is 5.81. The molecule has 1 N–H and O–H groups in total. The van der Waals surface area contributed by atoms with Gasteiger partial charge in [0.05, 0.1) is 11.1 Å². The zero-order valence-electron chi connectivity index (χ0n) is 10.8. The molecule has 1 aliphatic heterocycles. The second-order valence-corrected chi connectivity index (χ2v) is 4.66. The van der Waals surface area contributed by atoms with Gasteiger partial charge in [0.25, 0.3) is 11.8 Å². The Kier molecular flexibility index (Phi) is 4.12. The number of unbranched alkanes of at least 4 members (excludes halogenated alkanes) is 2. The molecule has 2 rings (SSSR count). The normalized spacial score (nSPS) is 13.8. The number of aliphatic carboxylic acids is 1. The van der Waals surface area contributed by atoms with Gasteiger partial charge in [0.1, 0.15) is 5.82 Å². The van der Waals surface area contributed by atoms with Gasteiger partial charge in [0, 0.05) is 13.0 Å². The number of carboxylic acid groups (broad SMARTS) is 1. The average Bonchev–Trinajstić information content (AvgIpc) is 2.62. The smallest absolute Gasteiger partial charge is 0.303 e. The number of nitrogens with zero attached hydrogens (tertiary/aromatic N) is 1. The van der Waals surface area contributed by atoms with Crippen molar-refractivity contribution < 1.29 is 23.9 Å². The zero-order valence-corrected chi connectivity index (χ0v) is 10.8. The topological polar surface area (TPSA) is 74.7 Å². The highest BCUT2D eigenvalue weighted by Gasteiger charge is 2.35. The van der Waals surface area contributed by atoms with Crippen LogP contribution < -0.4 is 0 Å². The van der Waals surface area contributed by atoms with Crippen molar-refractivity contribution in [1.29, 1.82) is 0 Å². The van der Waals surface area contributed by atoms with E-state index in [0.29, 0.717) is 19.3 Å². The SMILES string of the molecule is O=C(O)CCCCCN1C(=O)c2ccc(F)cc2C1=O. The Hall–Kier alpha value is -2.24. The molecule has 0 aromatic heterocycles. The highest BCUT2D eigenvalue weighted by molar-refractivity contribution is 6.21. The first-order chi connectivity index (χ1) is 9.50. The van der Waals surface area contributed by atoms with E-state index in [1.807, 2.05) is 0 Å². The van der Waals surface area contributed by atoms with Gasteiger partial charge in [-0.1, -0.05) is 6.42 Å². The molecule has 0 saturated carbocycles. The van der Waals surface area contributed by atoms with E-state index in [9.17, 15) is 18.8 Å². The number of carbonyl (C=O) groups excluding carboxylic acids is 2. The molecule has 1 aliphatic rings. The molecule has 0 fully saturated rings. The van der Waals surface area contributed by atoms with Crippen molar-refractivity contribution in [2.75, 3.05) is 6.54 Å². The second-order valence-electron chi connectivity index (χ2n) is 4.66. The number of amides is 2. The molecule has 0 radical (unpaired) electrons. The maximum absolute atomic E-state index is 13.1. The van der Waals surface area contributed by atoms with Gasteiger partial charge in [-0.3, -0.25) is 19.3 Å². The van der Waals surface area contributed by atoms with Crippen molar-refractivity contribution in [2.45, 2.75) is 25.7 Å². The predicted molar refractivity (Wildman–Crippen MR) is 67.9 cm³/mol. The number of hydrogen-bond donors (Lipinski definition) is 1. The van der Waals surface area contributed by atoms with Gasteiger partial charge in [0.2, 0.25) is 0 Å². The molecule has 0 unspecified atom stereocenters. The number of fused-ring (bicyclic) bond motifs is 1. The fraction of sp³-hybridized carbons (Fsp3) is 0.357. The van der Waals surface area contributed by atoms with Gasteiger partial charge in [-0.25, -0.2) is 4.39 Å². The molecule has 0 aliphatic carbocycles. The summed E-state index contributed by atoms with van der Waals surface area (Å²) in [5, 5.41) is 8.50. The Morgan fingerprint density at radius 2 is 1.80 bits per heavy atom. The van der Waals surface area contributed by atoms with Gasteiger partial charge in [-0.15, -0.1) is 0 Å². The first-order valence-corrected chi connectivity index (χ1v) is 6.38. The van der Waals surface area contributed by atoms with Crippen molar-refractivity contribution in [2.24, 2.45) is 0 Å². The standard InChI is InChI=1S/C14H14FNO4/c15-9-5-6-10-11(8-9)14(20)16(13(10)19)7-3-1-2-4-12(17)18/h5-6,8H,1-4,7H2,(H,17,18). The Labute approximate surface area is 115 Å². The third kappa shape index (κ3) is 2.84. The van der Waals surface area contributed by atoms with Crippen LogP contribution in [0.1, 0.15) is 46.4 Å². The van der Waals surface area contributed by atoms with E-state index < -0.39 is 23.6 Å². The maximum atomic E-state index is 13.1. The van der Waals surface area contributed by atoms with Crippen LogP contribution in [0.5, 0.6) is 0 Å². The average molecular weight is 279 g/mol. The summed E-state index contributed by atoms with van der Waals surface area (Å²) in [5.74, 6) is -2.31. The maximum Gasteiger partial charge on any atom is 0.303 e. The van der Waals surface area contributed by atoms with Crippen LogP contribution in [0.3, 0.4) is 0 Å². The van der Waals surface area contributed by atoms with Crippen molar-refractivity contribution in [3.63, 3.8) is 0 Å². The lowest BCUT2D eigenvalue weighted by Crippen LogP contribution is -2.30. The lowest BCUT2D eigenvalue weighted by Gasteiger charge is -2.13. The number of halogens is 1. The minimum absolute atomic E-state index is 0.0767. The first kappa shape index (κ1) is 14.2.